The predicted octanol–water partition coefficient (Wildman–Crippen LogP) is 14.9. The molecule has 12 rings (SSSR count). The Kier molecular flexibility index (Phi) is 11.4. The van der Waals surface area contributed by atoms with Gasteiger partial charge in [0.05, 0.1) is 44.7 Å². The standard InChI is InChI=1S/C68H52N4/c1-46-18-16-17-27-59(46)68(54-21-10-5-11-22-54,55-23-12-6-13-24-55)56-34-35-58(47(2)44-56)66(69-57-25-14-7-15-26-57)67(3)42-40-49(41-43-67)60-38-32-52-45-53(33-39-62(52)70-60)63-37-31-51-29-28-50-30-36-61(48-19-8-4-9-20-48)71-64(50)65(51)72-63/h4-25,27-42,44-45H,2,26,43H2,1,3H3/b66-58-,69-57?. The molecule has 4 nitrogen and oxygen atoms in total. The molecule has 0 fully saturated rings. The first-order valence-corrected chi connectivity index (χ1v) is 24.8. The summed E-state index contributed by atoms with van der Waals surface area (Å²) in [6.45, 7) is 9.33. The fourth-order valence-corrected chi connectivity index (χ4v) is 10.9. The minimum atomic E-state index is -0.587. The third-order valence-corrected chi connectivity index (χ3v) is 14.7. The van der Waals surface area contributed by atoms with Gasteiger partial charge in [-0.2, -0.15) is 0 Å². The van der Waals surface area contributed by atoms with E-state index in [1.165, 1.54) is 22.3 Å². The molecule has 10 aromatic rings. The maximum atomic E-state index is 5.51. The van der Waals surface area contributed by atoms with Crippen LogP contribution in [-0.4, -0.2) is 20.7 Å². The molecule has 1 unspecified atom stereocenters. The van der Waals surface area contributed by atoms with Gasteiger partial charge in [-0.15, -0.1) is 0 Å². The first-order chi connectivity index (χ1) is 35.3. The normalized spacial score (nSPS) is 16.6. The van der Waals surface area contributed by atoms with Gasteiger partial charge in [-0.1, -0.05) is 220 Å². The summed E-state index contributed by atoms with van der Waals surface area (Å²) in [5.74, 6) is 0. The Hall–Kier alpha value is -8.86. The third kappa shape index (κ3) is 8.01. The quantitative estimate of drug-likeness (QED) is 0.107. The molecule has 0 aliphatic heterocycles. The molecule has 0 bridgehead atoms. The second-order valence-electron chi connectivity index (χ2n) is 19.3. The summed E-state index contributed by atoms with van der Waals surface area (Å²) in [4.78, 5) is 21.1. The summed E-state index contributed by atoms with van der Waals surface area (Å²) in [5.41, 5.74) is 15.8. The molecule has 0 radical (unpaired) electrons. The molecule has 3 heterocycles. The van der Waals surface area contributed by atoms with Crippen molar-refractivity contribution in [2.24, 2.45) is 10.4 Å². The Morgan fingerprint density at radius 2 is 1.18 bits per heavy atom. The number of benzene rings is 7. The van der Waals surface area contributed by atoms with Crippen molar-refractivity contribution in [3.8, 4) is 22.5 Å². The van der Waals surface area contributed by atoms with Crippen LogP contribution in [0.4, 0.5) is 0 Å². The van der Waals surface area contributed by atoms with Crippen molar-refractivity contribution < 1.29 is 0 Å². The van der Waals surface area contributed by atoms with Gasteiger partial charge in [0.2, 0.25) is 0 Å². The third-order valence-electron chi connectivity index (χ3n) is 14.7. The minimum Gasteiger partial charge on any atom is -0.256 e. The number of aliphatic imine (C=N–C) groups is 1. The number of pyridine rings is 3. The molecule has 72 heavy (non-hydrogen) atoms. The highest BCUT2D eigenvalue weighted by Crippen LogP contribution is 2.46. The van der Waals surface area contributed by atoms with E-state index in [4.69, 9.17) is 26.5 Å². The highest BCUT2D eigenvalue weighted by Gasteiger charge is 2.39. The van der Waals surface area contributed by atoms with E-state index in [0.29, 0.717) is 0 Å². The molecule has 3 aromatic heterocycles. The molecule has 0 amide bonds. The molecule has 7 aromatic carbocycles. The zero-order valence-corrected chi connectivity index (χ0v) is 40.5. The lowest BCUT2D eigenvalue weighted by Gasteiger charge is -2.38. The molecule has 2 aliphatic carbocycles. The lowest BCUT2D eigenvalue weighted by molar-refractivity contribution is 0.567. The summed E-state index contributed by atoms with van der Waals surface area (Å²) in [6, 6.07) is 71.3. The molecule has 0 N–H and O–H groups in total. The van der Waals surface area contributed by atoms with Gasteiger partial charge in [-0.25, -0.2) is 15.0 Å². The largest absolute Gasteiger partial charge is 0.256 e. The van der Waals surface area contributed by atoms with Crippen molar-refractivity contribution in [2.45, 2.75) is 32.1 Å². The second-order valence-corrected chi connectivity index (χ2v) is 19.3. The fourth-order valence-electron chi connectivity index (χ4n) is 10.9. The number of hydrogen-bond acceptors (Lipinski definition) is 4. The Labute approximate surface area is 420 Å². The summed E-state index contributed by atoms with van der Waals surface area (Å²) < 4.78 is 0. The zero-order valence-electron chi connectivity index (χ0n) is 40.5. The summed E-state index contributed by atoms with van der Waals surface area (Å²) >= 11 is 0. The van der Waals surface area contributed by atoms with E-state index in [0.717, 1.165) is 107 Å². The van der Waals surface area contributed by atoms with Crippen molar-refractivity contribution in [2.75, 3.05) is 0 Å². The Morgan fingerprint density at radius 3 is 1.82 bits per heavy atom. The second kappa shape index (κ2) is 18.5. The summed E-state index contributed by atoms with van der Waals surface area (Å²) in [5, 5.41) is 5.17. The number of aromatic nitrogens is 3. The average molecular weight is 925 g/mol. The van der Waals surface area contributed by atoms with Gasteiger partial charge >= 0.3 is 0 Å². The van der Waals surface area contributed by atoms with Crippen molar-refractivity contribution >= 4 is 56.3 Å². The van der Waals surface area contributed by atoms with Gasteiger partial charge < -0.3 is 0 Å². The molecule has 1 atom stereocenters. The number of aryl methyl sites for hydroxylation is 1. The zero-order chi connectivity index (χ0) is 48.7. The maximum absolute atomic E-state index is 5.51. The van der Waals surface area contributed by atoms with Gasteiger partial charge in [0.1, 0.15) is 0 Å². The van der Waals surface area contributed by atoms with Crippen LogP contribution in [0.25, 0.3) is 73.1 Å². The van der Waals surface area contributed by atoms with Crippen LogP contribution in [0.15, 0.2) is 248 Å². The molecule has 2 aliphatic rings. The van der Waals surface area contributed by atoms with Crippen LogP contribution in [0, 0.1) is 12.3 Å². The molecule has 0 saturated carbocycles. The van der Waals surface area contributed by atoms with Crippen molar-refractivity contribution in [3.05, 3.63) is 287 Å². The van der Waals surface area contributed by atoms with Gasteiger partial charge in [0.15, 0.2) is 0 Å². The number of fused-ring (bicyclic) bond motifs is 4. The van der Waals surface area contributed by atoms with Crippen LogP contribution >= 0.6 is 0 Å². The van der Waals surface area contributed by atoms with E-state index in [1.807, 2.05) is 18.2 Å². The Morgan fingerprint density at radius 1 is 0.556 bits per heavy atom. The number of hydrogen-bond donors (Lipinski definition) is 0. The topological polar surface area (TPSA) is 51.0 Å². The van der Waals surface area contributed by atoms with Crippen molar-refractivity contribution in [3.63, 3.8) is 0 Å². The van der Waals surface area contributed by atoms with Gasteiger partial charge in [-0.3, -0.25) is 4.99 Å². The predicted molar refractivity (Wildman–Crippen MR) is 301 cm³/mol. The fraction of sp³-hybridized carbons (Fsp3) is 0.0882. The first-order valence-electron chi connectivity index (χ1n) is 24.8. The number of rotatable bonds is 9. The Bertz CT molecular complexity index is 3980. The monoisotopic (exact) mass is 924 g/mol. The molecule has 0 spiro atoms. The average Bonchev–Trinajstić information content (AvgIpc) is 3.44. The van der Waals surface area contributed by atoms with E-state index < -0.39 is 10.8 Å². The van der Waals surface area contributed by atoms with E-state index in [9.17, 15) is 0 Å². The van der Waals surface area contributed by atoms with Crippen LogP contribution in [0.1, 0.15) is 53.3 Å². The number of nitrogens with zero attached hydrogens (tertiary/aromatic N) is 4. The van der Waals surface area contributed by atoms with Crippen LogP contribution in [0.2, 0.25) is 0 Å². The van der Waals surface area contributed by atoms with Crippen LogP contribution in [-0.2, 0) is 5.41 Å². The molecule has 344 valence electrons. The first kappa shape index (κ1) is 44.4. The minimum absolute atomic E-state index is 0.423. The van der Waals surface area contributed by atoms with Crippen LogP contribution in [0.3, 0.4) is 0 Å². The Balaban J connectivity index is 0.895. The summed E-state index contributed by atoms with van der Waals surface area (Å²) in [6.07, 6.45) is 16.9. The van der Waals surface area contributed by atoms with E-state index in [-0.39, 0.29) is 0 Å². The van der Waals surface area contributed by atoms with Gasteiger partial charge in [0.25, 0.3) is 0 Å². The van der Waals surface area contributed by atoms with Gasteiger partial charge in [-0.05, 0) is 88.4 Å². The van der Waals surface area contributed by atoms with E-state index in [1.54, 1.807) is 0 Å². The van der Waals surface area contributed by atoms with Crippen LogP contribution < -0.4 is 10.4 Å². The highest BCUT2D eigenvalue weighted by molar-refractivity contribution is 6.04. The van der Waals surface area contributed by atoms with E-state index >= 15 is 0 Å². The van der Waals surface area contributed by atoms with Crippen molar-refractivity contribution in [1.29, 1.82) is 0 Å². The maximum Gasteiger partial charge on any atom is 0.0972 e. The van der Waals surface area contributed by atoms with Crippen LogP contribution in [0.5, 0.6) is 0 Å². The SMILES string of the molecule is C=c1cc(C(c2ccccc2)(c2ccccc2)c2ccccc2C)cc/c1=C(/N=C1C=CC=CC1)C1(C)C=CC(c2ccc3cc(-c4ccc5ccc6ccc(-c7ccccc7)nc6c5n4)ccc3n2)=CC1. The van der Waals surface area contributed by atoms with E-state index in [2.05, 4.69) is 238 Å². The molecular weight excluding hydrogens is 873 g/mol. The summed E-state index contributed by atoms with van der Waals surface area (Å²) in [7, 11) is 0. The lowest BCUT2D eigenvalue weighted by atomic mass is 9.64. The lowest BCUT2D eigenvalue weighted by Crippen LogP contribution is -2.37. The smallest absolute Gasteiger partial charge is 0.0972 e. The number of allylic oxidation sites excluding steroid dienone is 7. The molecule has 4 heteroatoms. The van der Waals surface area contributed by atoms with Gasteiger partial charge in [0, 0.05) is 50.1 Å². The van der Waals surface area contributed by atoms with Crippen molar-refractivity contribution in [1.82, 2.24) is 15.0 Å². The molecular formula is C68H52N4. The highest BCUT2D eigenvalue weighted by atomic mass is 14.8. The molecule has 0 saturated heterocycles.